The maximum Gasteiger partial charge on any atom is 0.0705 e. The van der Waals surface area contributed by atoms with Gasteiger partial charge in [-0.25, -0.2) is 0 Å². The standard InChI is InChI=1S/C40H32BrNS/c1-39(2)33-11-7-5-9-29(33)31-19-17-27(23-35(31)39)42(26-15-13-25(14-16-26)37-21-22-38(41)43-37)28-18-20-32-30-10-6-8-12-34(30)40(3,4)36(32)24-28/h5-24H,1-4H3. The number of thiophene rings is 1. The van der Waals surface area contributed by atoms with Crippen molar-refractivity contribution in [2.45, 2.75) is 38.5 Å². The fraction of sp³-hybridized carbons (Fsp3) is 0.150. The van der Waals surface area contributed by atoms with Gasteiger partial charge >= 0.3 is 0 Å². The lowest BCUT2D eigenvalue weighted by Gasteiger charge is -2.30. The van der Waals surface area contributed by atoms with E-state index in [2.05, 4.69) is 170 Å². The molecule has 0 spiro atoms. The zero-order valence-electron chi connectivity index (χ0n) is 24.8. The van der Waals surface area contributed by atoms with E-state index in [0.717, 1.165) is 9.47 Å². The molecule has 0 amide bonds. The highest BCUT2D eigenvalue weighted by Crippen LogP contribution is 2.53. The normalized spacial score (nSPS) is 15.0. The highest BCUT2D eigenvalue weighted by molar-refractivity contribution is 9.11. The summed E-state index contributed by atoms with van der Waals surface area (Å²) in [6.07, 6.45) is 0. The predicted octanol–water partition coefficient (Wildman–Crippen LogP) is 12.3. The lowest BCUT2D eigenvalue weighted by Crippen LogP contribution is -2.18. The Morgan fingerprint density at radius 2 is 0.953 bits per heavy atom. The maximum absolute atomic E-state index is 3.63. The molecule has 3 heteroatoms. The van der Waals surface area contributed by atoms with Crippen molar-refractivity contribution in [2.75, 3.05) is 4.90 Å². The Hall–Kier alpha value is -3.92. The van der Waals surface area contributed by atoms with E-state index in [9.17, 15) is 0 Å². The molecule has 0 saturated carbocycles. The van der Waals surface area contributed by atoms with Crippen molar-refractivity contribution in [3.63, 3.8) is 0 Å². The molecule has 1 heterocycles. The van der Waals surface area contributed by atoms with Crippen LogP contribution in [0.15, 0.2) is 125 Å². The fourth-order valence-corrected chi connectivity index (χ4v) is 8.75. The Bertz CT molecular complexity index is 1940. The fourth-order valence-electron chi connectivity index (χ4n) is 7.35. The van der Waals surface area contributed by atoms with Crippen LogP contribution in [0.25, 0.3) is 32.7 Å². The van der Waals surface area contributed by atoms with Gasteiger partial charge in [-0.15, -0.1) is 11.3 Å². The highest BCUT2D eigenvalue weighted by Gasteiger charge is 2.37. The van der Waals surface area contributed by atoms with Gasteiger partial charge in [-0.3, -0.25) is 0 Å². The number of fused-ring (bicyclic) bond motifs is 6. The average molecular weight is 639 g/mol. The third kappa shape index (κ3) is 4.02. The summed E-state index contributed by atoms with van der Waals surface area (Å²) in [5.74, 6) is 0. The molecule has 6 aromatic rings. The number of hydrogen-bond donors (Lipinski definition) is 0. The maximum atomic E-state index is 3.63. The Morgan fingerprint density at radius 3 is 1.44 bits per heavy atom. The van der Waals surface area contributed by atoms with Crippen molar-refractivity contribution in [3.8, 4) is 32.7 Å². The number of halogens is 1. The van der Waals surface area contributed by atoms with Gasteiger partial charge in [-0.1, -0.05) is 100 Å². The first kappa shape index (κ1) is 26.7. The molecule has 1 aromatic heterocycles. The molecule has 2 aliphatic carbocycles. The minimum absolute atomic E-state index is 0.0639. The Balaban J connectivity index is 1.30. The van der Waals surface area contributed by atoms with Gasteiger partial charge in [0.2, 0.25) is 0 Å². The van der Waals surface area contributed by atoms with Crippen LogP contribution in [0.1, 0.15) is 49.9 Å². The largest absolute Gasteiger partial charge is 0.310 e. The summed E-state index contributed by atoms with van der Waals surface area (Å²) in [4.78, 5) is 3.70. The van der Waals surface area contributed by atoms with Crippen LogP contribution in [0, 0.1) is 0 Å². The van der Waals surface area contributed by atoms with Crippen molar-refractivity contribution in [2.24, 2.45) is 0 Å². The van der Waals surface area contributed by atoms with Crippen LogP contribution in [0.2, 0.25) is 0 Å². The zero-order valence-corrected chi connectivity index (χ0v) is 27.2. The molecule has 1 nitrogen and oxygen atoms in total. The minimum Gasteiger partial charge on any atom is -0.310 e. The highest BCUT2D eigenvalue weighted by atomic mass is 79.9. The number of hydrogen-bond acceptors (Lipinski definition) is 2. The summed E-state index contributed by atoms with van der Waals surface area (Å²) >= 11 is 5.39. The first-order chi connectivity index (χ1) is 20.7. The average Bonchev–Trinajstić information content (AvgIpc) is 3.63. The van der Waals surface area contributed by atoms with Crippen molar-refractivity contribution < 1.29 is 0 Å². The Morgan fingerprint density at radius 1 is 0.488 bits per heavy atom. The molecule has 0 saturated heterocycles. The van der Waals surface area contributed by atoms with Crippen LogP contribution in [0.5, 0.6) is 0 Å². The van der Waals surface area contributed by atoms with Crippen LogP contribution < -0.4 is 4.90 Å². The Labute approximate surface area is 266 Å². The van der Waals surface area contributed by atoms with Crippen LogP contribution in [-0.4, -0.2) is 0 Å². The first-order valence-corrected chi connectivity index (χ1v) is 16.5. The third-order valence-corrected chi connectivity index (χ3v) is 11.3. The molecule has 5 aromatic carbocycles. The van der Waals surface area contributed by atoms with Crippen molar-refractivity contribution in [3.05, 3.63) is 147 Å². The van der Waals surface area contributed by atoms with E-state index in [-0.39, 0.29) is 10.8 Å². The lowest BCUT2D eigenvalue weighted by atomic mass is 9.82. The molecule has 8 rings (SSSR count). The second-order valence-electron chi connectivity index (χ2n) is 12.8. The monoisotopic (exact) mass is 637 g/mol. The summed E-state index contributed by atoms with van der Waals surface area (Å²) in [6, 6.07) is 45.2. The van der Waals surface area contributed by atoms with Gasteiger partial charge in [-0.2, -0.15) is 0 Å². The van der Waals surface area contributed by atoms with E-state index in [1.807, 2.05) is 0 Å². The van der Waals surface area contributed by atoms with Gasteiger partial charge < -0.3 is 4.90 Å². The molecule has 43 heavy (non-hydrogen) atoms. The molecule has 0 unspecified atom stereocenters. The van der Waals surface area contributed by atoms with E-state index >= 15 is 0 Å². The van der Waals surface area contributed by atoms with E-state index in [4.69, 9.17) is 0 Å². The SMILES string of the molecule is CC1(C)c2ccccc2-c2ccc(N(c3ccc(-c4ccc(Br)s4)cc3)c3ccc4c(c3)C(C)(C)c3ccccc3-4)cc21. The minimum atomic E-state index is -0.0639. The van der Waals surface area contributed by atoms with Crippen LogP contribution in [-0.2, 0) is 10.8 Å². The van der Waals surface area contributed by atoms with Gasteiger partial charge in [0.25, 0.3) is 0 Å². The van der Waals surface area contributed by atoms with E-state index in [0.29, 0.717) is 0 Å². The van der Waals surface area contributed by atoms with Gasteiger partial charge in [0.15, 0.2) is 0 Å². The van der Waals surface area contributed by atoms with Crippen LogP contribution in [0.3, 0.4) is 0 Å². The molecule has 210 valence electrons. The van der Waals surface area contributed by atoms with Gasteiger partial charge in [0.1, 0.15) is 0 Å². The van der Waals surface area contributed by atoms with E-state index < -0.39 is 0 Å². The van der Waals surface area contributed by atoms with Crippen LogP contribution >= 0.6 is 27.3 Å². The van der Waals surface area contributed by atoms with Gasteiger partial charge in [0, 0.05) is 32.8 Å². The lowest BCUT2D eigenvalue weighted by molar-refractivity contribution is 0.660. The zero-order chi connectivity index (χ0) is 29.5. The molecular formula is C40H32BrNS. The van der Waals surface area contributed by atoms with Crippen molar-refractivity contribution >= 4 is 44.3 Å². The Kier molecular flexibility index (Phi) is 5.92. The van der Waals surface area contributed by atoms with Crippen LogP contribution in [0.4, 0.5) is 17.1 Å². The molecule has 0 aliphatic heterocycles. The summed E-state index contributed by atoms with van der Waals surface area (Å²) < 4.78 is 1.15. The van der Waals surface area contributed by atoms with Crippen molar-refractivity contribution in [1.29, 1.82) is 0 Å². The third-order valence-electron chi connectivity index (χ3n) is 9.63. The molecule has 2 aliphatic rings. The molecular weight excluding hydrogens is 606 g/mol. The number of rotatable bonds is 4. The predicted molar refractivity (Wildman–Crippen MR) is 187 cm³/mol. The molecule has 0 N–H and O–H groups in total. The van der Waals surface area contributed by atoms with E-state index in [1.165, 1.54) is 66.3 Å². The summed E-state index contributed by atoms with van der Waals surface area (Å²) in [6.45, 7) is 9.42. The molecule has 0 atom stereocenters. The van der Waals surface area contributed by atoms with Crippen molar-refractivity contribution in [1.82, 2.24) is 0 Å². The number of nitrogens with zero attached hydrogens (tertiary/aromatic N) is 1. The second-order valence-corrected chi connectivity index (χ2v) is 15.2. The molecule has 0 bridgehead atoms. The van der Waals surface area contributed by atoms with Gasteiger partial charge in [-0.05, 0) is 115 Å². The van der Waals surface area contributed by atoms with E-state index in [1.54, 1.807) is 11.3 Å². The number of benzene rings is 5. The number of anilines is 3. The molecule has 0 fully saturated rings. The summed E-state index contributed by atoms with van der Waals surface area (Å²) in [7, 11) is 0. The topological polar surface area (TPSA) is 3.24 Å². The summed E-state index contributed by atoms with van der Waals surface area (Å²) in [5.41, 5.74) is 15.6. The smallest absolute Gasteiger partial charge is 0.0705 e. The van der Waals surface area contributed by atoms with Gasteiger partial charge in [0.05, 0.1) is 3.79 Å². The summed E-state index contributed by atoms with van der Waals surface area (Å²) in [5, 5.41) is 0. The molecule has 0 radical (unpaired) electrons. The quantitative estimate of drug-likeness (QED) is 0.186. The second kappa shape index (κ2) is 9.54. The first-order valence-electron chi connectivity index (χ1n) is 14.9.